The standard InChI is InChI=1S/C37H48N2/c1-7-10-11-12-13-16-27-20-22-34-32(25-27)38-35-31-24-28(26-37(9-3,23-8-2)36(4,5)6)19-21-29(31)30-17-14-15-18-33(30)39(34)35/h14-15,17-22,24-25H,7-13,16,23,26H2,1-6H3. The fourth-order valence-electron chi connectivity index (χ4n) is 7.09. The van der Waals surface area contributed by atoms with Gasteiger partial charge in [-0.15, -0.1) is 0 Å². The summed E-state index contributed by atoms with van der Waals surface area (Å²) in [6.45, 7) is 14.3. The smallest absolute Gasteiger partial charge is 0.146 e. The summed E-state index contributed by atoms with van der Waals surface area (Å²) < 4.78 is 2.41. The number of aryl methyl sites for hydroxylation is 1. The van der Waals surface area contributed by atoms with Gasteiger partial charge in [-0.1, -0.05) is 110 Å². The third kappa shape index (κ3) is 5.20. The quantitative estimate of drug-likeness (QED) is 0.125. The Balaban J connectivity index is 1.64. The van der Waals surface area contributed by atoms with E-state index in [9.17, 15) is 0 Å². The number of aromatic nitrogens is 2. The molecule has 5 aromatic rings. The van der Waals surface area contributed by atoms with Gasteiger partial charge in [0.1, 0.15) is 5.65 Å². The summed E-state index contributed by atoms with van der Waals surface area (Å²) in [5.41, 5.74) is 8.05. The number of nitrogens with zero attached hydrogens (tertiary/aromatic N) is 2. The van der Waals surface area contributed by atoms with E-state index in [4.69, 9.17) is 4.98 Å². The molecule has 1 unspecified atom stereocenters. The van der Waals surface area contributed by atoms with E-state index in [1.165, 1.54) is 89.7 Å². The number of benzene rings is 3. The van der Waals surface area contributed by atoms with Gasteiger partial charge in [-0.2, -0.15) is 0 Å². The number of fused-ring (bicyclic) bond motifs is 8. The zero-order valence-electron chi connectivity index (χ0n) is 25.2. The summed E-state index contributed by atoms with van der Waals surface area (Å²) in [6, 6.07) is 23.0. The Labute approximate surface area is 235 Å². The third-order valence-corrected chi connectivity index (χ3v) is 9.59. The van der Waals surface area contributed by atoms with Crippen molar-refractivity contribution >= 4 is 38.4 Å². The van der Waals surface area contributed by atoms with E-state index in [1.54, 1.807) is 0 Å². The largest absolute Gasteiger partial charge is 0.292 e. The highest BCUT2D eigenvalue weighted by molar-refractivity contribution is 6.13. The van der Waals surface area contributed by atoms with E-state index in [1.807, 2.05) is 0 Å². The maximum atomic E-state index is 5.32. The predicted octanol–water partition coefficient (Wildman–Crippen LogP) is 11.1. The number of hydrogen-bond donors (Lipinski definition) is 0. The molecule has 2 heteroatoms. The molecule has 0 aliphatic rings. The molecule has 0 saturated heterocycles. The average Bonchev–Trinajstić information content (AvgIpc) is 3.31. The normalized spacial score (nSPS) is 14.1. The van der Waals surface area contributed by atoms with Crippen molar-refractivity contribution in [1.29, 1.82) is 0 Å². The zero-order chi connectivity index (χ0) is 27.6. The molecule has 3 aromatic carbocycles. The lowest BCUT2D eigenvalue weighted by molar-refractivity contribution is 0.0675. The second-order valence-corrected chi connectivity index (χ2v) is 13.0. The van der Waals surface area contributed by atoms with Crippen molar-refractivity contribution in [2.75, 3.05) is 0 Å². The average molecular weight is 521 g/mol. The fraction of sp³-hybridized carbons (Fsp3) is 0.486. The van der Waals surface area contributed by atoms with Gasteiger partial charge in [-0.05, 0) is 83.7 Å². The van der Waals surface area contributed by atoms with Crippen molar-refractivity contribution in [3.05, 3.63) is 71.8 Å². The Morgan fingerprint density at radius 2 is 1.46 bits per heavy atom. The van der Waals surface area contributed by atoms with Gasteiger partial charge in [-0.25, -0.2) is 4.98 Å². The second kappa shape index (κ2) is 11.3. The van der Waals surface area contributed by atoms with Crippen LogP contribution in [0.4, 0.5) is 0 Å². The predicted molar refractivity (Wildman–Crippen MR) is 171 cm³/mol. The van der Waals surface area contributed by atoms with Crippen LogP contribution < -0.4 is 0 Å². The molecule has 0 fully saturated rings. The van der Waals surface area contributed by atoms with Crippen LogP contribution in [0.1, 0.15) is 104 Å². The second-order valence-electron chi connectivity index (χ2n) is 13.0. The molecule has 2 aromatic heterocycles. The van der Waals surface area contributed by atoms with E-state index in [0.29, 0.717) is 0 Å². The van der Waals surface area contributed by atoms with Crippen LogP contribution in [0.25, 0.3) is 38.4 Å². The SMILES string of the molecule is CCCCCCCc1ccc2c(c1)nc1c3cc(CC(CC)(CCC)C(C)(C)C)ccc3c3ccccc3n21. The molecular formula is C37H48N2. The summed E-state index contributed by atoms with van der Waals surface area (Å²) in [6.07, 6.45) is 12.5. The minimum Gasteiger partial charge on any atom is -0.292 e. The minimum atomic E-state index is 0.250. The van der Waals surface area contributed by atoms with E-state index in [2.05, 4.69) is 107 Å². The molecule has 39 heavy (non-hydrogen) atoms. The molecule has 0 saturated carbocycles. The number of para-hydroxylation sites is 1. The molecule has 0 aliphatic heterocycles. The maximum Gasteiger partial charge on any atom is 0.146 e. The van der Waals surface area contributed by atoms with Crippen LogP contribution in [0.5, 0.6) is 0 Å². The summed E-state index contributed by atoms with van der Waals surface area (Å²) >= 11 is 0. The van der Waals surface area contributed by atoms with Crippen molar-refractivity contribution in [2.45, 2.75) is 106 Å². The van der Waals surface area contributed by atoms with E-state index in [-0.39, 0.29) is 10.8 Å². The first-order valence-electron chi connectivity index (χ1n) is 15.6. The highest BCUT2D eigenvalue weighted by Crippen LogP contribution is 2.48. The van der Waals surface area contributed by atoms with Crippen LogP contribution in [-0.2, 0) is 12.8 Å². The summed E-state index contributed by atoms with van der Waals surface area (Å²) in [7, 11) is 0. The molecule has 2 nitrogen and oxygen atoms in total. The van der Waals surface area contributed by atoms with Crippen LogP contribution >= 0.6 is 0 Å². The Bertz CT molecular complexity index is 1580. The van der Waals surface area contributed by atoms with Gasteiger partial charge in [0.05, 0.1) is 16.6 Å². The number of imidazole rings is 1. The van der Waals surface area contributed by atoms with Crippen molar-refractivity contribution in [3.8, 4) is 0 Å². The van der Waals surface area contributed by atoms with Gasteiger partial charge in [0, 0.05) is 10.8 Å². The fourth-order valence-corrected chi connectivity index (χ4v) is 7.09. The van der Waals surface area contributed by atoms with Gasteiger partial charge in [0.2, 0.25) is 0 Å². The number of unbranched alkanes of at least 4 members (excludes halogenated alkanes) is 4. The minimum absolute atomic E-state index is 0.250. The Hall–Kier alpha value is -2.87. The van der Waals surface area contributed by atoms with Gasteiger partial charge < -0.3 is 0 Å². The summed E-state index contributed by atoms with van der Waals surface area (Å²) in [4.78, 5) is 5.32. The van der Waals surface area contributed by atoms with E-state index >= 15 is 0 Å². The molecule has 0 amide bonds. The lowest BCUT2D eigenvalue weighted by Crippen LogP contribution is -2.37. The van der Waals surface area contributed by atoms with E-state index < -0.39 is 0 Å². The number of rotatable bonds is 11. The van der Waals surface area contributed by atoms with Gasteiger partial charge in [0.25, 0.3) is 0 Å². The molecule has 0 radical (unpaired) electrons. The lowest BCUT2D eigenvalue weighted by atomic mass is 9.60. The van der Waals surface area contributed by atoms with Gasteiger partial charge >= 0.3 is 0 Å². The van der Waals surface area contributed by atoms with E-state index in [0.717, 1.165) is 24.0 Å². The van der Waals surface area contributed by atoms with Crippen LogP contribution in [-0.4, -0.2) is 9.38 Å². The van der Waals surface area contributed by atoms with Crippen LogP contribution in [0, 0.1) is 10.8 Å². The zero-order valence-corrected chi connectivity index (χ0v) is 25.2. The Morgan fingerprint density at radius 1 is 0.692 bits per heavy atom. The topological polar surface area (TPSA) is 17.3 Å². The van der Waals surface area contributed by atoms with Crippen LogP contribution in [0.3, 0.4) is 0 Å². The first-order chi connectivity index (χ1) is 18.8. The van der Waals surface area contributed by atoms with Crippen LogP contribution in [0.2, 0.25) is 0 Å². The van der Waals surface area contributed by atoms with Gasteiger partial charge in [0.15, 0.2) is 0 Å². The first-order valence-corrected chi connectivity index (χ1v) is 15.6. The molecule has 0 bridgehead atoms. The number of hydrogen-bond acceptors (Lipinski definition) is 1. The molecule has 0 N–H and O–H groups in total. The highest BCUT2D eigenvalue weighted by atomic mass is 15.0. The molecule has 206 valence electrons. The Kier molecular flexibility index (Phi) is 8.04. The molecule has 0 aliphatic carbocycles. The summed E-state index contributed by atoms with van der Waals surface area (Å²) in [5, 5.41) is 3.89. The van der Waals surface area contributed by atoms with Crippen molar-refractivity contribution in [2.24, 2.45) is 10.8 Å². The molecule has 5 rings (SSSR count). The maximum absolute atomic E-state index is 5.32. The molecular weight excluding hydrogens is 472 g/mol. The lowest BCUT2D eigenvalue weighted by Gasteiger charge is -2.45. The molecule has 1 atom stereocenters. The monoisotopic (exact) mass is 520 g/mol. The first kappa shape index (κ1) is 27.7. The van der Waals surface area contributed by atoms with Crippen LogP contribution in [0.15, 0.2) is 60.7 Å². The number of pyridine rings is 1. The van der Waals surface area contributed by atoms with Crippen molar-refractivity contribution in [3.63, 3.8) is 0 Å². The third-order valence-electron chi connectivity index (χ3n) is 9.59. The van der Waals surface area contributed by atoms with Crippen molar-refractivity contribution < 1.29 is 0 Å². The summed E-state index contributed by atoms with van der Waals surface area (Å²) in [5.74, 6) is 0. The molecule has 2 heterocycles. The van der Waals surface area contributed by atoms with Gasteiger partial charge in [-0.3, -0.25) is 4.40 Å². The van der Waals surface area contributed by atoms with Crippen molar-refractivity contribution in [1.82, 2.24) is 9.38 Å². The highest BCUT2D eigenvalue weighted by Gasteiger charge is 2.39. The Morgan fingerprint density at radius 3 is 2.21 bits per heavy atom. The molecule has 0 spiro atoms.